The summed E-state index contributed by atoms with van der Waals surface area (Å²) < 4.78 is 0. The molecule has 0 bridgehead atoms. The highest BCUT2D eigenvalue weighted by Crippen LogP contribution is 2.16. The van der Waals surface area contributed by atoms with Crippen LogP contribution in [0, 0.1) is 0 Å². The maximum absolute atomic E-state index is 11.7. The first-order valence-electron chi connectivity index (χ1n) is 5.69. The highest BCUT2D eigenvalue weighted by Gasteiger charge is 2.22. The summed E-state index contributed by atoms with van der Waals surface area (Å²) in [7, 11) is 0. The maximum atomic E-state index is 11.7. The fraction of sp³-hybridized carbons (Fsp3) is 0.636. The first-order valence-corrected chi connectivity index (χ1v) is 6.57. The van der Waals surface area contributed by atoms with Gasteiger partial charge >= 0.3 is 0 Å². The molecule has 88 valence electrons. The van der Waals surface area contributed by atoms with Gasteiger partial charge in [0.1, 0.15) is 0 Å². The summed E-state index contributed by atoms with van der Waals surface area (Å²) in [6.45, 7) is 0.353. The molecule has 1 heterocycles. The molecule has 0 aromatic carbocycles. The zero-order valence-electron chi connectivity index (χ0n) is 9.19. The third-order valence-electron chi connectivity index (χ3n) is 3.02. The Labute approximate surface area is 99.3 Å². The second kappa shape index (κ2) is 5.52. The molecule has 5 heteroatoms. The van der Waals surface area contributed by atoms with Crippen LogP contribution >= 0.6 is 11.3 Å². The monoisotopic (exact) mass is 239 g/mol. The molecular formula is C11H17N3OS. The van der Waals surface area contributed by atoms with Gasteiger partial charge < -0.3 is 11.1 Å². The van der Waals surface area contributed by atoms with E-state index in [0.29, 0.717) is 11.6 Å². The topological polar surface area (TPSA) is 68.0 Å². The van der Waals surface area contributed by atoms with Crippen molar-refractivity contribution in [2.45, 2.75) is 37.8 Å². The molecule has 0 radical (unpaired) electrons. The quantitative estimate of drug-likeness (QED) is 0.774. The van der Waals surface area contributed by atoms with E-state index in [1.807, 2.05) is 5.38 Å². The Bertz CT molecular complexity index is 339. The number of hydrogen-bond donors (Lipinski definition) is 2. The average Bonchev–Trinajstić information content (AvgIpc) is 2.81. The molecule has 1 aliphatic carbocycles. The van der Waals surface area contributed by atoms with Crippen molar-refractivity contribution in [2.75, 3.05) is 6.54 Å². The first-order chi connectivity index (χ1) is 7.77. The molecule has 1 aliphatic rings. The van der Waals surface area contributed by atoms with Crippen molar-refractivity contribution in [1.82, 2.24) is 10.3 Å². The first kappa shape index (κ1) is 11.7. The lowest BCUT2D eigenvalue weighted by atomic mass is 9.91. The molecule has 1 aromatic heterocycles. The number of rotatable bonds is 4. The molecule has 0 amide bonds. The minimum atomic E-state index is 0.0628. The highest BCUT2D eigenvalue weighted by molar-refractivity contribution is 7.11. The predicted octanol–water partition coefficient (Wildman–Crippen LogP) is 1.19. The molecule has 1 aromatic rings. The minimum Gasteiger partial charge on any atom is -0.326 e. The number of nitrogens with zero attached hydrogens (tertiary/aromatic N) is 1. The van der Waals surface area contributed by atoms with E-state index >= 15 is 0 Å². The van der Waals surface area contributed by atoms with Crippen molar-refractivity contribution >= 4 is 17.1 Å². The molecule has 0 aliphatic heterocycles. The number of nitrogens with one attached hydrogen (secondary N) is 1. The van der Waals surface area contributed by atoms with Crippen LogP contribution in [0.2, 0.25) is 0 Å². The molecule has 3 N–H and O–H groups in total. The van der Waals surface area contributed by atoms with Crippen LogP contribution < -0.4 is 11.1 Å². The zero-order chi connectivity index (χ0) is 11.4. The van der Waals surface area contributed by atoms with Crippen LogP contribution in [0.25, 0.3) is 0 Å². The van der Waals surface area contributed by atoms with Gasteiger partial charge in [0.2, 0.25) is 5.78 Å². The van der Waals surface area contributed by atoms with E-state index in [2.05, 4.69) is 10.3 Å². The van der Waals surface area contributed by atoms with E-state index in [0.717, 1.165) is 12.8 Å². The van der Waals surface area contributed by atoms with Crippen LogP contribution in [-0.4, -0.2) is 29.4 Å². The summed E-state index contributed by atoms with van der Waals surface area (Å²) in [6.07, 6.45) is 6.20. The second-order valence-electron chi connectivity index (χ2n) is 4.20. The van der Waals surface area contributed by atoms with Crippen LogP contribution in [0.1, 0.15) is 35.5 Å². The number of Topliss-reactive ketones (excluding diaryl/α,β-unsaturated/α-hetero) is 1. The molecule has 1 saturated carbocycles. The van der Waals surface area contributed by atoms with Gasteiger partial charge in [-0.3, -0.25) is 4.79 Å². The summed E-state index contributed by atoms with van der Waals surface area (Å²) in [6, 6.07) is 0.482. The number of nitrogens with two attached hydrogens (primary N) is 1. The van der Waals surface area contributed by atoms with Crippen molar-refractivity contribution in [3.63, 3.8) is 0 Å². The number of carbonyl (C=O) groups excluding carboxylic acids is 1. The molecule has 1 fully saturated rings. The number of hydrogen-bond acceptors (Lipinski definition) is 5. The van der Waals surface area contributed by atoms with Crippen LogP contribution in [0.5, 0.6) is 0 Å². The predicted molar refractivity (Wildman–Crippen MR) is 64.7 cm³/mol. The molecule has 2 rings (SSSR count). The Morgan fingerprint density at radius 3 is 3.06 bits per heavy atom. The van der Waals surface area contributed by atoms with Gasteiger partial charge in [-0.25, -0.2) is 4.98 Å². The molecule has 0 saturated heterocycles. The molecule has 16 heavy (non-hydrogen) atoms. The summed E-state index contributed by atoms with van der Waals surface area (Å²) in [5, 5.41) is 5.65. The van der Waals surface area contributed by atoms with E-state index in [1.54, 1.807) is 6.20 Å². The molecular weight excluding hydrogens is 222 g/mol. The van der Waals surface area contributed by atoms with Crippen molar-refractivity contribution in [1.29, 1.82) is 0 Å². The van der Waals surface area contributed by atoms with Crippen LogP contribution in [-0.2, 0) is 0 Å². The van der Waals surface area contributed by atoms with Crippen molar-refractivity contribution in [3.8, 4) is 0 Å². The zero-order valence-corrected chi connectivity index (χ0v) is 10.0. The SMILES string of the molecule is N[C@H]1CCCC[C@@H]1NCC(=O)c1nccs1. The van der Waals surface area contributed by atoms with Crippen molar-refractivity contribution in [3.05, 3.63) is 16.6 Å². The number of aromatic nitrogens is 1. The van der Waals surface area contributed by atoms with Gasteiger partial charge in [-0.05, 0) is 12.8 Å². The Balaban J connectivity index is 1.80. The summed E-state index contributed by atoms with van der Waals surface area (Å²) in [5.41, 5.74) is 6.00. The van der Waals surface area contributed by atoms with Crippen LogP contribution in [0.15, 0.2) is 11.6 Å². The summed E-state index contributed by atoms with van der Waals surface area (Å²) in [5.74, 6) is 0.0628. The van der Waals surface area contributed by atoms with E-state index in [1.165, 1.54) is 24.2 Å². The Morgan fingerprint density at radius 1 is 1.56 bits per heavy atom. The van der Waals surface area contributed by atoms with Gasteiger partial charge in [0.05, 0.1) is 6.54 Å². The van der Waals surface area contributed by atoms with Gasteiger partial charge in [0.25, 0.3) is 0 Å². The van der Waals surface area contributed by atoms with Gasteiger partial charge in [-0.1, -0.05) is 12.8 Å². The van der Waals surface area contributed by atoms with Gasteiger partial charge in [0, 0.05) is 23.7 Å². The lowest BCUT2D eigenvalue weighted by molar-refractivity contribution is 0.0983. The minimum absolute atomic E-state index is 0.0628. The third kappa shape index (κ3) is 2.87. The lowest BCUT2D eigenvalue weighted by Gasteiger charge is -2.29. The average molecular weight is 239 g/mol. The third-order valence-corrected chi connectivity index (χ3v) is 3.83. The van der Waals surface area contributed by atoms with E-state index in [9.17, 15) is 4.79 Å². The highest BCUT2D eigenvalue weighted by atomic mass is 32.1. The van der Waals surface area contributed by atoms with Crippen LogP contribution in [0.3, 0.4) is 0 Å². The lowest BCUT2D eigenvalue weighted by Crippen LogP contribution is -2.48. The molecule has 2 atom stereocenters. The smallest absolute Gasteiger partial charge is 0.205 e. The largest absolute Gasteiger partial charge is 0.326 e. The standard InChI is InChI=1S/C11H17N3OS/c12-8-3-1-2-4-9(8)14-7-10(15)11-13-5-6-16-11/h5-6,8-9,14H,1-4,7,12H2/t8-,9-/m0/s1. The molecule has 0 spiro atoms. The maximum Gasteiger partial charge on any atom is 0.205 e. The Morgan fingerprint density at radius 2 is 2.38 bits per heavy atom. The summed E-state index contributed by atoms with van der Waals surface area (Å²) >= 11 is 1.39. The second-order valence-corrected chi connectivity index (χ2v) is 5.09. The van der Waals surface area contributed by atoms with Crippen LogP contribution in [0.4, 0.5) is 0 Å². The fourth-order valence-corrected chi connectivity index (χ4v) is 2.65. The van der Waals surface area contributed by atoms with E-state index in [4.69, 9.17) is 5.73 Å². The summed E-state index contributed by atoms with van der Waals surface area (Å²) in [4.78, 5) is 15.7. The Hall–Kier alpha value is -0.780. The molecule has 0 unspecified atom stereocenters. The van der Waals surface area contributed by atoms with E-state index < -0.39 is 0 Å². The van der Waals surface area contributed by atoms with Gasteiger partial charge in [-0.15, -0.1) is 11.3 Å². The number of ketones is 1. The van der Waals surface area contributed by atoms with Crippen molar-refractivity contribution in [2.24, 2.45) is 5.73 Å². The normalized spacial score (nSPS) is 25.6. The van der Waals surface area contributed by atoms with Gasteiger partial charge in [-0.2, -0.15) is 0 Å². The van der Waals surface area contributed by atoms with E-state index in [-0.39, 0.29) is 17.9 Å². The van der Waals surface area contributed by atoms with Crippen molar-refractivity contribution < 1.29 is 4.79 Å². The fourth-order valence-electron chi connectivity index (χ4n) is 2.07. The Kier molecular flexibility index (Phi) is 4.04. The number of thiazole rings is 1. The number of carbonyl (C=O) groups is 1. The molecule has 4 nitrogen and oxygen atoms in total. The van der Waals surface area contributed by atoms with Gasteiger partial charge in [0.15, 0.2) is 5.01 Å².